The third kappa shape index (κ3) is 4.46. The Bertz CT molecular complexity index is 396. The zero-order valence-corrected chi connectivity index (χ0v) is 13.6. The number of hydrogen-bond acceptors (Lipinski definition) is 8. The number of nitrogens with zero attached hydrogens (tertiary/aromatic N) is 1. The Kier molecular flexibility index (Phi) is 6.56. The summed E-state index contributed by atoms with van der Waals surface area (Å²) >= 11 is 8.02. The summed E-state index contributed by atoms with van der Waals surface area (Å²) in [5.74, 6) is 6.60. The third-order valence-corrected chi connectivity index (χ3v) is 5.25. The number of nitrogens with one attached hydrogen (secondary N) is 4. The number of rotatable bonds is 7. The van der Waals surface area contributed by atoms with Gasteiger partial charge in [-0.15, -0.1) is 11.8 Å². The molecule has 1 aliphatic carbocycles. The lowest BCUT2D eigenvalue weighted by Gasteiger charge is -2.35. The number of halogens is 1. The van der Waals surface area contributed by atoms with Crippen LogP contribution in [0.25, 0.3) is 0 Å². The van der Waals surface area contributed by atoms with Crippen LogP contribution >= 0.6 is 23.4 Å². The zero-order chi connectivity index (χ0) is 15.2. The minimum Gasteiger partial charge on any atom is -0.350 e. The van der Waals surface area contributed by atoms with Crippen molar-refractivity contribution in [3.8, 4) is 0 Å². The summed E-state index contributed by atoms with van der Waals surface area (Å²) in [5.41, 5.74) is 3.37. The fourth-order valence-corrected chi connectivity index (χ4v) is 3.88. The van der Waals surface area contributed by atoms with Crippen LogP contribution in [0.4, 0.5) is 0 Å². The first kappa shape index (κ1) is 16.8. The minimum atomic E-state index is -0.159. The molecule has 9 heteroatoms. The average Bonchev–Trinajstić information content (AvgIpc) is 2.92. The third-order valence-electron chi connectivity index (χ3n) is 3.70. The molecule has 0 amide bonds. The second kappa shape index (κ2) is 8.19. The van der Waals surface area contributed by atoms with Gasteiger partial charge in [-0.2, -0.15) is 4.91 Å². The molecule has 2 aliphatic rings. The van der Waals surface area contributed by atoms with E-state index in [4.69, 9.17) is 17.4 Å². The molecule has 120 valence electrons. The maximum Gasteiger partial charge on any atom is 0.127 e. The maximum absolute atomic E-state index is 10.6. The Balaban J connectivity index is 1.97. The van der Waals surface area contributed by atoms with Crippen LogP contribution in [-0.2, 0) is 0 Å². The first-order valence-corrected chi connectivity index (χ1v) is 8.69. The summed E-state index contributed by atoms with van der Waals surface area (Å²) in [7, 11) is 0. The Hall–Kier alpha value is -0.540. The number of nitrogens with two attached hydrogens (primary N) is 1. The van der Waals surface area contributed by atoms with E-state index in [1.807, 2.05) is 0 Å². The lowest BCUT2D eigenvalue weighted by molar-refractivity contribution is 0.357. The van der Waals surface area contributed by atoms with Crippen molar-refractivity contribution in [2.75, 3.05) is 5.75 Å². The second-order valence-electron chi connectivity index (χ2n) is 5.30. The Morgan fingerprint density at radius 2 is 2.33 bits per heavy atom. The first-order valence-electron chi connectivity index (χ1n) is 7.26. The van der Waals surface area contributed by atoms with Crippen LogP contribution in [0.1, 0.15) is 32.6 Å². The van der Waals surface area contributed by atoms with E-state index in [-0.39, 0.29) is 23.7 Å². The number of nitroso groups, excluding NO2 is 1. The zero-order valence-electron chi connectivity index (χ0n) is 12.1. The molecule has 0 aromatic heterocycles. The van der Waals surface area contributed by atoms with Gasteiger partial charge in [0.05, 0.1) is 11.7 Å². The van der Waals surface area contributed by atoms with Gasteiger partial charge < -0.3 is 10.7 Å². The van der Waals surface area contributed by atoms with Crippen molar-refractivity contribution in [2.24, 2.45) is 11.0 Å². The quantitative estimate of drug-likeness (QED) is 0.205. The molecule has 7 nitrogen and oxygen atoms in total. The molecule has 1 saturated carbocycles. The largest absolute Gasteiger partial charge is 0.350 e. The highest BCUT2D eigenvalue weighted by Crippen LogP contribution is 2.24. The molecule has 6 N–H and O–H groups in total. The van der Waals surface area contributed by atoms with Crippen LogP contribution in [-0.4, -0.2) is 29.5 Å². The average molecular weight is 335 g/mol. The second-order valence-corrected chi connectivity index (χ2v) is 6.89. The molecule has 0 saturated heterocycles. The Labute approximate surface area is 134 Å². The van der Waals surface area contributed by atoms with Gasteiger partial charge in [0, 0.05) is 6.04 Å². The van der Waals surface area contributed by atoms with Crippen molar-refractivity contribution in [1.82, 2.24) is 21.4 Å². The summed E-state index contributed by atoms with van der Waals surface area (Å²) in [6, 6.07) is 0.163. The molecule has 0 aromatic rings. The highest BCUT2D eigenvalue weighted by molar-refractivity contribution is 7.99. The van der Waals surface area contributed by atoms with Crippen LogP contribution in [0.2, 0.25) is 0 Å². The van der Waals surface area contributed by atoms with Gasteiger partial charge in [0.15, 0.2) is 0 Å². The van der Waals surface area contributed by atoms with Gasteiger partial charge in [-0.3, -0.25) is 16.5 Å². The summed E-state index contributed by atoms with van der Waals surface area (Å²) in [5, 5.41) is 13.7. The summed E-state index contributed by atoms with van der Waals surface area (Å²) in [6.45, 7) is 2.14. The SMILES string of the molecule is CCCSC1NC(Cl)=C(NN)C(N[C@H]2CC[C@@H](N=O)C2)N1. The molecule has 0 bridgehead atoms. The molecule has 0 spiro atoms. The van der Waals surface area contributed by atoms with E-state index in [1.165, 1.54) is 0 Å². The molecule has 1 aliphatic heterocycles. The monoisotopic (exact) mass is 334 g/mol. The van der Waals surface area contributed by atoms with Crippen molar-refractivity contribution in [3.63, 3.8) is 0 Å². The highest BCUT2D eigenvalue weighted by atomic mass is 35.5. The minimum absolute atomic E-state index is 0.0356. The predicted octanol–water partition coefficient (Wildman–Crippen LogP) is 1.08. The predicted molar refractivity (Wildman–Crippen MR) is 87.2 cm³/mol. The summed E-state index contributed by atoms with van der Waals surface area (Å²) < 4.78 is 0. The molecule has 2 unspecified atom stereocenters. The van der Waals surface area contributed by atoms with Crippen LogP contribution < -0.4 is 27.2 Å². The summed E-state index contributed by atoms with van der Waals surface area (Å²) in [4.78, 5) is 10.6. The van der Waals surface area contributed by atoms with Gasteiger partial charge in [0.2, 0.25) is 0 Å². The molecule has 0 radical (unpaired) electrons. The van der Waals surface area contributed by atoms with Crippen LogP contribution in [0.15, 0.2) is 16.0 Å². The maximum atomic E-state index is 10.6. The van der Waals surface area contributed by atoms with Crippen molar-refractivity contribution in [1.29, 1.82) is 0 Å². The van der Waals surface area contributed by atoms with Crippen molar-refractivity contribution in [2.45, 2.75) is 56.4 Å². The molecule has 4 atom stereocenters. The summed E-state index contributed by atoms with van der Waals surface area (Å²) in [6.07, 6.45) is 3.47. The topological polar surface area (TPSA) is 104 Å². The van der Waals surface area contributed by atoms with Crippen molar-refractivity contribution >= 4 is 23.4 Å². The number of thioether (sulfide) groups is 1. The molecular weight excluding hydrogens is 312 g/mol. The van der Waals surface area contributed by atoms with Crippen LogP contribution in [0.5, 0.6) is 0 Å². The molecular formula is C12H23ClN6OS. The fourth-order valence-electron chi connectivity index (χ4n) is 2.64. The van der Waals surface area contributed by atoms with Gasteiger partial charge in [-0.1, -0.05) is 23.7 Å². The van der Waals surface area contributed by atoms with E-state index >= 15 is 0 Å². The molecule has 2 rings (SSSR count). The van der Waals surface area contributed by atoms with Gasteiger partial charge in [-0.25, -0.2) is 0 Å². The van der Waals surface area contributed by atoms with Crippen LogP contribution in [0.3, 0.4) is 0 Å². The number of hydrogen-bond donors (Lipinski definition) is 5. The normalized spacial score (nSPS) is 32.9. The van der Waals surface area contributed by atoms with E-state index in [2.05, 4.69) is 33.5 Å². The van der Waals surface area contributed by atoms with Crippen molar-refractivity contribution < 1.29 is 0 Å². The molecule has 21 heavy (non-hydrogen) atoms. The Morgan fingerprint density at radius 1 is 1.52 bits per heavy atom. The van der Waals surface area contributed by atoms with Gasteiger partial charge in [-0.05, 0) is 31.4 Å². The molecule has 1 fully saturated rings. The van der Waals surface area contributed by atoms with E-state index in [0.29, 0.717) is 10.9 Å². The number of hydrazine groups is 1. The van der Waals surface area contributed by atoms with Crippen LogP contribution in [0, 0.1) is 4.91 Å². The van der Waals surface area contributed by atoms with E-state index < -0.39 is 0 Å². The lowest BCUT2D eigenvalue weighted by atomic mass is 10.2. The standard InChI is InChI=1S/C12H23ClN6OS/c1-2-5-21-12-16-10(13)9(18-14)11(17-12)15-7-3-4-8(6-7)19-20/h7-8,11-12,15-18H,2-6,14H2,1H3/t7-,8+,11?,12?/m0/s1. The fraction of sp³-hybridized carbons (Fsp3) is 0.833. The first-order chi connectivity index (χ1) is 10.2. The molecule has 0 aromatic carbocycles. The van der Waals surface area contributed by atoms with Gasteiger partial charge in [0.25, 0.3) is 0 Å². The molecule has 1 heterocycles. The lowest BCUT2D eigenvalue weighted by Crippen LogP contribution is -2.61. The van der Waals surface area contributed by atoms with E-state index in [0.717, 1.165) is 31.4 Å². The van der Waals surface area contributed by atoms with Gasteiger partial charge >= 0.3 is 0 Å². The smallest absolute Gasteiger partial charge is 0.127 e. The Morgan fingerprint density at radius 3 is 2.95 bits per heavy atom. The van der Waals surface area contributed by atoms with E-state index in [9.17, 15) is 4.91 Å². The van der Waals surface area contributed by atoms with Gasteiger partial charge in [0.1, 0.15) is 16.8 Å². The highest BCUT2D eigenvalue weighted by Gasteiger charge is 2.32. The van der Waals surface area contributed by atoms with Crippen molar-refractivity contribution in [3.05, 3.63) is 15.8 Å². The van der Waals surface area contributed by atoms with E-state index in [1.54, 1.807) is 11.8 Å².